The summed E-state index contributed by atoms with van der Waals surface area (Å²) in [6, 6.07) is 14.4. The molecule has 1 heterocycles. The second-order valence-corrected chi connectivity index (χ2v) is 11.5. The molecule has 0 aliphatic rings. The first-order chi connectivity index (χ1) is 16.9. The highest BCUT2D eigenvalue weighted by Gasteiger charge is 2.32. The number of fused-ring (bicyclic) bond motifs is 1. The van der Waals surface area contributed by atoms with Crippen LogP contribution in [0.5, 0.6) is 5.75 Å². The third-order valence-corrected chi connectivity index (χ3v) is 8.14. The van der Waals surface area contributed by atoms with Crippen LogP contribution in [0.4, 0.5) is 0 Å². The first kappa shape index (κ1) is 27.7. The number of hydrogen-bond donors (Lipinski definition) is 3. The van der Waals surface area contributed by atoms with Crippen molar-refractivity contribution in [3.63, 3.8) is 0 Å². The van der Waals surface area contributed by atoms with Crippen molar-refractivity contribution in [2.45, 2.75) is 65.9 Å². The zero-order valence-electron chi connectivity index (χ0n) is 22.0. The van der Waals surface area contributed by atoms with Crippen molar-refractivity contribution in [2.24, 2.45) is 5.41 Å². The third-order valence-electron chi connectivity index (χ3n) is 7.02. The molecule has 1 amide bonds. The Labute approximate surface area is 217 Å². The van der Waals surface area contributed by atoms with Gasteiger partial charge in [0.05, 0.1) is 11.0 Å². The molecule has 0 saturated heterocycles. The molecule has 0 saturated carbocycles. The number of amides is 1. The third kappa shape index (κ3) is 5.90. The van der Waals surface area contributed by atoms with Gasteiger partial charge in [-0.05, 0) is 71.5 Å². The van der Waals surface area contributed by atoms with Crippen LogP contribution in [0.1, 0.15) is 73.8 Å². The van der Waals surface area contributed by atoms with E-state index >= 15 is 0 Å². The molecule has 1 atom stereocenters. The first-order valence-corrected chi connectivity index (χ1v) is 13.2. The summed E-state index contributed by atoms with van der Waals surface area (Å²) < 4.78 is 6.94. The van der Waals surface area contributed by atoms with Gasteiger partial charge in [0.2, 0.25) is 0 Å². The number of nitrogens with one attached hydrogen (secondary N) is 1. The van der Waals surface area contributed by atoms with Gasteiger partial charge in [-0.25, -0.2) is 0 Å². The fourth-order valence-corrected chi connectivity index (χ4v) is 5.42. The quantitative estimate of drug-likeness (QED) is 0.314. The molecule has 3 rings (SSSR count). The van der Waals surface area contributed by atoms with Gasteiger partial charge >= 0.3 is 5.97 Å². The number of aliphatic hydroxyl groups excluding tert-OH is 1. The molecule has 0 spiro atoms. The summed E-state index contributed by atoms with van der Waals surface area (Å²) >= 11 is 1.36. The van der Waals surface area contributed by atoms with Crippen molar-refractivity contribution >= 4 is 33.3 Å². The number of carbonyl (C=O) groups excluding carboxylic acids is 1. The topological polar surface area (TPSA) is 95.9 Å². The summed E-state index contributed by atoms with van der Waals surface area (Å²) in [7, 11) is 0. The molecule has 1 unspecified atom stereocenters. The molecule has 7 heteroatoms. The summed E-state index contributed by atoms with van der Waals surface area (Å²) in [6.45, 7) is 12.2. The van der Waals surface area contributed by atoms with Gasteiger partial charge in [0.1, 0.15) is 18.9 Å². The van der Waals surface area contributed by atoms with Crippen molar-refractivity contribution in [3.05, 3.63) is 64.0 Å². The Bertz CT molecular complexity index is 1240. The molecule has 6 nitrogen and oxygen atoms in total. The minimum atomic E-state index is -1.07. The van der Waals surface area contributed by atoms with Crippen LogP contribution in [-0.2, 0) is 10.2 Å². The molecule has 36 heavy (non-hydrogen) atoms. The minimum absolute atomic E-state index is 0.212. The molecule has 0 aliphatic carbocycles. The molecule has 194 valence electrons. The number of aliphatic carboxylic acids is 1. The standard InChI is InChI=1S/C29H37NO5S/c1-7-29(8-2,20-9-11-22(18(3)13-20)35-17-25(31)28(4,5)6)21-10-12-23-19(14-21)15-24(36-23)27(34)30-16-26(32)33/h9-15,25,31H,7-8,16-17H2,1-6H3,(H,30,34)(H,32,33). The molecule has 0 radical (unpaired) electrons. The Hall–Kier alpha value is -2.90. The second-order valence-electron chi connectivity index (χ2n) is 10.4. The first-order valence-electron chi connectivity index (χ1n) is 12.4. The Morgan fingerprint density at radius 2 is 1.67 bits per heavy atom. The number of ether oxygens (including phenoxy) is 1. The van der Waals surface area contributed by atoms with Gasteiger partial charge in [-0.3, -0.25) is 9.59 Å². The van der Waals surface area contributed by atoms with E-state index < -0.39 is 18.6 Å². The van der Waals surface area contributed by atoms with Crippen molar-refractivity contribution in [1.29, 1.82) is 0 Å². The van der Waals surface area contributed by atoms with E-state index in [0.29, 0.717) is 4.88 Å². The predicted octanol–water partition coefficient (Wildman–Crippen LogP) is 5.92. The second kappa shape index (κ2) is 11.0. The highest BCUT2D eigenvalue weighted by atomic mass is 32.1. The van der Waals surface area contributed by atoms with Gasteiger partial charge in [0, 0.05) is 10.1 Å². The van der Waals surface area contributed by atoms with Crippen LogP contribution in [0.3, 0.4) is 0 Å². The lowest BCUT2D eigenvalue weighted by atomic mass is 9.70. The molecule has 3 N–H and O–H groups in total. The summed E-state index contributed by atoms with van der Waals surface area (Å²) in [5.74, 6) is -0.673. The number of rotatable bonds is 10. The van der Waals surface area contributed by atoms with Gasteiger partial charge < -0.3 is 20.3 Å². The summed E-state index contributed by atoms with van der Waals surface area (Å²) in [5.41, 5.74) is 2.93. The van der Waals surface area contributed by atoms with Gasteiger partial charge in [0.25, 0.3) is 5.91 Å². The molecule has 3 aromatic rings. The highest BCUT2D eigenvalue weighted by Crippen LogP contribution is 2.42. The lowest BCUT2D eigenvalue weighted by Gasteiger charge is -2.34. The number of aliphatic hydroxyl groups is 1. The van der Waals surface area contributed by atoms with E-state index in [0.717, 1.165) is 34.2 Å². The van der Waals surface area contributed by atoms with Gasteiger partial charge in [-0.2, -0.15) is 0 Å². The number of benzene rings is 2. The maximum Gasteiger partial charge on any atom is 0.322 e. The average molecular weight is 512 g/mol. The van der Waals surface area contributed by atoms with Gasteiger partial charge in [0.15, 0.2) is 0 Å². The zero-order chi connectivity index (χ0) is 26.7. The van der Waals surface area contributed by atoms with E-state index in [1.165, 1.54) is 22.5 Å². The van der Waals surface area contributed by atoms with Gasteiger partial charge in [-0.1, -0.05) is 52.8 Å². The molecule has 2 aromatic carbocycles. The lowest BCUT2D eigenvalue weighted by Crippen LogP contribution is -2.32. The molecule has 0 fully saturated rings. The Balaban J connectivity index is 1.91. The van der Waals surface area contributed by atoms with Gasteiger partial charge in [-0.15, -0.1) is 11.3 Å². The van der Waals surface area contributed by atoms with Crippen molar-refractivity contribution in [3.8, 4) is 5.75 Å². The van der Waals surface area contributed by atoms with E-state index in [9.17, 15) is 14.7 Å². The maximum absolute atomic E-state index is 12.4. The van der Waals surface area contributed by atoms with E-state index in [1.54, 1.807) is 0 Å². The Morgan fingerprint density at radius 1 is 1.03 bits per heavy atom. The molecular formula is C29H37NO5S. The normalized spacial score (nSPS) is 13.0. The maximum atomic E-state index is 12.4. The Kier molecular flexibility index (Phi) is 8.47. The van der Waals surface area contributed by atoms with Crippen molar-refractivity contribution in [1.82, 2.24) is 5.32 Å². The molecule has 0 aliphatic heterocycles. The monoisotopic (exact) mass is 511 g/mol. The fraction of sp³-hybridized carbons (Fsp3) is 0.448. The van der Waals surface area contributed by atoms with Crippen LogP contribution >= 0.6 is 11.3 Å². The van der Waals surface area contributed by atoms with Crippen molar-refractivity contribution < 1.29 is 24.5 Å². The lowest BCUT2D eigenvalue weighted by molar-refractivity contribution is -0.135. The Morgan fingerprint density at radius 3 is 2.25 bits per heavy atom. The van der Waals surface area contributed by atoms with Crippen LogP contribution in [0.2, 0.25) is 0 Å². The number of hydrogen-bond acceptors (Lipinski definition) is 5. The van der Waals surface area contributed by atoms with Crippen LogP contribution in [0.15, 0.2) is 42.5 Å². The molecule has 0 bridgehead atoms. The van der Waals surface area contributed by atoms with Crippen LogP contribution < -0.4 is 10.1 Å². The van der Waals surface area contributed by atoms with E-state index in [4.69, 9.17) is 9.84 Å². The number of thiophene rings is 1. The largest absolute Gasteiger partial charge is 0.491 e. The molecular weight excluding hydrogens is 474 g/mol. The summed E-state index contributed by atoms with van der Waals surface area (Å²) in [6.07, 6.45) is 1.23. The highest BCUT2D eigenvalue weighted by molar-refractivity contribution is 7.20. The minimum Gasteiger partial charge on any atom is -0.491 e. The number of carboxylic acids is 1. The van der Waals surface area contributed by atoms with Crippen LogP contribution in [0, 0.1) is 12.3 Å². The van der Waals surface area contributed by atoms with Crippen molar-refractivity contribution in [2.75, 3.05) is 13.2 Å². The summed E-state index contributed by atoms with van der Waals surface area (Å²) in [5, 5.41) is 22.6. The van der Waals surface area contributed by atoms with E-state index in [-0.39, 0.29) is 23.3 Å². The number of carbonyl (C=O) groups is 2. The smallest absolute Gasteiger partial charge is 0.322 e. The zero-order valence-corrected chi connectivity index (χ0v) is 22.8. The van der Waals surface area contributed by atoms with Crippen LogP contribution in [-0.4, -0.2) is 41.3 Å². The predicted molar refractivity (Wildman–Crippen MR) is 145 cm³/mol. The molecule has 1 aromatic heterocycles. The van der Waals surface area contributed by atoms with Crippen LogP contribution in [0.25, 0.3) is 10.1 Å². The van der Waals surface area contributed by atoms with E-state index in [1.807, 2.05) is 45.9 Å². The fourth-order valence-electron chi connectivity index (χ4n) is 4.46. The average Bonchev–Trinajstić information content (AvgIpc) is 3.26. The number of carboxylic acid groups (broad SMARTS) is 1. The number of aryl methyl sites for hydroxylation is 1. The SMILES string of the molecule is CCC(CC)(c1ccc(OCC(O)C(C)(C)C)c(C)c1)c1ccc2sc(C(=O)NCC(=O)O)cc2c1. The van der Waals surface area contributed by atoms with E-state index in [2.05, 4.69) is 43.4 Å². The summed E-state index contributed by atoms with van der Waals surface area (Å²) in [4.78, 5) is 23.6.